The van der Waals surface area contributed by atoms with E-state index in [1.165, 1.54) is 0 Å². The van der Waals surface area contributed by atoms with E-state index in [9.17, 15) is 0 Å². The Morgan fingerprint density at radius 2 is 2.00 bits per heavy atom. The number of aliphatic hydroxyl groups excluding tert-OH is 1. The third kappa shape index (κ3) is 1.78. The summed E-state index contributed by atoms with van der Waals surface area (Å²) in [4.78, 5) is 0. The lowest BCUT2D eigenvalue weighted by Crippen LogP contribution is -1.79. The Hall–Kier alpha value is -1.32. The molecule has 2 N–H and O–H groups in total. The van der Waals surface area contributed by atoms with Crippen LogP contribution in [0.2, 0.25) is 5.02 Å². The molecule has 3 nitrogen and oxygen atoms in total. The van der Waals surface area contributed by atoms with E-state index in [0.29, 0.717) is 10.7 Å². The first kappa shape index (κ1) is 9.24. The topological polar surface area (TPSA) is 48.9 Å². The maximum absolute atomic E-state index is 8.84. The summed E-state index contributed by atoms with van der Waals surface area (Å²) in [7, 11) is 0. The molecule has 0 aliphatic heterocycles. The average molecular weight is 209 g/mol. The summed E-state index contributed by atoms with van der Waals surface area (Å²) in [6.45, 7) is -0.0515. The van der Waals surface area contributed by atoms with Crippen LogP contribution in [0, 0.1) is 0 Å². The molecule has 0 unspecified atom stereocenters. The highest BCUT2D eigenvalue weighted by Crippen LogP contribution is 2.19. The SMILES string of the molecule is OCc1cc(-c2ccc(Cl)cc2)[nH]n1. The van der Waals surface area contributed by atoms with Gasteiger partial charge in [0.25, 0.3) is 0 Å². The summed E-state index contributed by atoms with van der Waals surface area (Å²) in [6, 6.07) is 9.24. The molecule has 0 aliphatic carbocycles. The number of aliphatic hydroxyl groups is 1. The molecule has 0 radical (unpaired) electrons. The van der Waals surface area contributed by atoms with Crippen molar-refractivity contribution in [3.63, 3.8) is 0 Å². The quantitative estimate of drug-likeness (QED) is 0.795. The molecule has 1 aromatic carbocycles. The molecule has 0 bridgehead atoms. The molecule has 0 atom stereocenters. The van der Waals surface area contributed by atoms with Gasteiger partial charge in [0.15, 0.2) is 0 Å². The number of aromatic amines is 1. The van der Waals surface area contributed by atoms with Crippen molar-refractivity contribution in [3.05, 3.63) is 41.0 Å². The van der Waals surface area contributed by atoms with Crippen molar-refractivity contribution >= 4 is 11.6 Å². The van der Waals surface area contributed by atoms with Gasteiger partial charge < -0.3 is 5.11 Å². The summed E-state index contributed by atoms with van der Waals surface area (Å²) in [5.74, 6) is 0. The minimum absolute atomic E-state index is 0.0515. The molecule has 14 heavy (non-hydrogen) atoms. The second-order valence-electron chi connectivity index (χ2n) is 2.94. The molecule has 0 saturated carbocycles. The lowest BCUT2D eigenvalue weighted by Gasteiger charge is -1.95. The van der Waals surface area contributed by atoms with Gasteiger partial charge in [-0.1, -0.05) is 23.7 Å². The lowest BCUT2D eigenvalue weighted by atomic mass is 10.1. The first-order chi connectivity index (χ1) is 6.79. The molecule has 4 heteroatoms. The Kier molecular flexibility index (Phi) is 2.52. The molecule has 0 amide bonds. The molecular weight excluding hydrogens is 200 g/mol. The Balaban J connectivity index is 2.34. The number of hydrogen-bond acceptors (Lipinski definition) is 2. The lowest BCUT2D eigenvalue weighted by molar-refractivity contribution is 0.276. The van der Waals surface area contributed by atoms with Crippen LogP contribution >= 0.6 is 11.6 Å². The van der Waals surface area contributed by atoms with Gasteiger partial charge in [0.1, 0.15) is 0 Å². The van der Waals surface area contributed by atoms with Crippen LogP contribution in [0.3, 0.4) is 0 Å². The van der Waals surface area contributed by atoms with E-state index in [0.717, 1.165) is 11.3 Å². The van der Waals surface area contributed by atoms with Gasteiger partial charge in [0.2, 0.25) is 0 Å². The van der Waals surface area contributed by atoms with Crippen molar-refractivity contribution in [2.24, 2.45) is 0 Å². The van der Waals surface area contributed by atoms with E-state index < -0.39 is 0 Å². The van der Waals surface area contributed by atoms with Crippen LogP contribution in [0.15, 0.2) is 30.3 Å². The van der Waals surface area contributed by atoms with Crippen LogP contribution in [0.5, 0.6) is 0 Å². The molecule has 2 rings (SSSR count). The van der Waals surface area contributed by atoms with E-state index in [4.69, 9.17) is 16.7 Å². The van der Waals surface area contributed by atoms with Crippen LogP contribution in [0.4, 0.5) is 0 Å². The van der Waals surface area contributed by atoms with Crippen molar-refractivity contribution in [1.29, 1.82) is 0 Å². The highest BCUT2D eigenvalue weighted by Gasteiger charge is 2.01. The number of hydrogen-bond donors (Lipinski definition) is 2. The van der Waals surface area contributed by atoms with E-state index in [1.54, 1.807) is 0 Å². The predicted molar refractivity (Wildman–Crippen MR) is 55.0 cm³/mol. The highest BCUT2D eigenvalue weighted by atomic mass is 35.5. The summed E-state index contributed by atoms with van der Waals surface area (Å²) in [6.07, 6.45) is 0. The third-order valence-electron chi connectivity index (χ3n) is 1.95. The standard InChI is InChI=1S/C10H9ClN2O/c11-8-3-1-7(2-4-8)10-5-9(6-14)12-13-10/h1-5,14H,6H2,(H,12,13). The van der Waals surface area contributed by atoms with Crippen LogP contribution < -0.4 is 0 Å². The molecule has 2 aromatic rings. The van der Waals surface area contributed by atoms with Gasteiger partial charge in [0.05, 0.1) is 18.0 Å². The van der Waals surface area contributed by atoms with Gasteiger partial charge in [-0.05, 0) is 23.8 Å². The monoisotopic (exact) mass is 208 g/mol. The minimum Gasteiger partial charge on any atom is -0.390 e. The number of H-pyrrole nitrogens is 1. The Morgan fingerprint density at radius 3 is 2.57 bits per heavy atom. The summed E-state index contributed by atoms with van der Waals surface area (Å²) >= 11 is 5.77. The van der Waals surface area contributed by atoms with E-state index in [2.05, 4.69) is 10.2 Å². The molecule has 72 valence electrons. The molecule has 0 saturated heterocycles. The van der Waals surface area contributed by atoms with Gasteiger partial charge >= 0.3 is 0 Å². The van der Waals surface area contributed by atoms with Crippen molar-refractivity contribution in [2.45, 2.75) is 6.61 Å². The molecule has 0 fully saturated rings. The van der Waals surface area contributed by atoms with Crippen molar-refractivity contribution in [2.75, 3.05) is 0 Å². The first-order valence-electron chi connectivity index (χ1n) is 4.20. The number of nitrogens with one attached hydrogen (secondary N) is 1. The normalized spacial score (nSPS) is 10.4. The van der Waals surface area contributed by atoms with Gasteiger partial charge in [-0.2, -0.15) is 5.10 Å². The zero-order valence-corrected chi connectivity index (χ0v) is 8.12. The van der Waals surface area contributed by atoms with Crippen LogP contribution in [0.25, 0.3) is 11.3 Å². The summed E-state index contributed by atoms with van der Waals surface area (Å²) < 4.78 is 0. The minimum atomic E-state index is -0.0515. The Morgan fingerprint density at radius 1 is 1.29 bits per heavy atom. The summed E-state index contributed by atoms with van der Waals surface area (Å²) in [5.41, 5.74) is 2.52. The van der Waals surface area contributed by atoms with Crippen molar-refractivity contribution in [1.82, 2.24) is 10.2 Å². The Bertz CT molecular complexity index is 422. The van der Waals surface area contributed by atoms with Gasteiger partial charge in [-0.25, -0.2) is 0 Å². The zero-order valence-electron chi connectivity index (χ0n) is 7.37. The zero-order chi connectivity index (χ0) is 9.97. The number of aromatic nitrogens is 2. The average Bonchev–Trinajstić information content (AvgIpc) is 2.67. The largest absolute Gasteiger partial charge is 0.390 e. The highest BCUT2D eigenvalue weighted by molar-refractivity contribution is 6.30. The smallest absolute Gasteiger partial charge is 0.0882 e. The molecule has 1 aromatic heterocycles. The fourth-order valence-electron chi connectivity index (χ4n) is 1.22. The number of nitrogens with zero attached hydrogens (tertiary/aromatic N) is 1. The fraction of sp³-hybridized carbons (Fsp3) is 0.100. The second kappa shape index (κ2) is 3.82. The number of rotatable bonds is 2. The first-order valence-corrected chi connectivity index (χ1v) is 4.58. The number of halogens is 1. The van der Waals surface area contributed by atoms with Crippen LogP contribution in [-0.2, 0) is 6.61 Å². The van der Waals surface area contributed by atoms with Gasteiger partial charge in [-0.3, -0.25) is 5.10 Å². The van der Waals surface area contributed by atoms with E-state index in [1.807, 2.05) is 30.3 Å². The third-order valence-corrected chi connectivity index (χ3v) is 2.20. The van der Waals surface area contributed by atoms with Crippen molar-refractivity contribution < 1.29 is 5.11 Å². The van der Waals surface area contributed by atoms with Gasteiger partial charge in [-0.15, -0.1) is 0 Å². The van der Waals surface area contributed by atoms with Gasteiger partial charge in [0, 0.05) is 5.02 Å². The molecule has 0 aliphatic rings. The molecule has 0 spiro atoms. The van der Waals surface area contributed by atoms with E-state index >= 15 is 0 Å². The molecule has 1 heterocycles. The maximum Gasteiger partial charge on any atom is 0.0882 e. The predicted octanol–water partition coefficient (Wildman–Crippen LogP) is 2.22. The summed E-state index contributed by atoms with van der Waals surface area (Å²) in [5, 5.41) is 16.3. The van der Waals surface area contributed by atoms with E-state index in [-0.39, 0.29) is 6.61 Å². The Labute approximate surface area is 86.3 Å². The van der Waals surface area contributed by atoms with Crippen LogP contribution in [0.1, 0.15) is 5.69 Å². The van der Waals surface area contributed by atoms with Crippen LogP contribution in [-0.4, -0.2) is 15.3 Å². The maximum atomic E-state index is 8.84. The molecular formula is C10H9ClN2O. The fourth-order valence-corrected chi connectivity index (χ4v) is 1.35. The second-order valence-corrected chi connectivity index (χ2v) is 3.37. The van der Waals surface area contributed by atoms with Crippen molar-refractivity contribution in [3.8, 4) is 11.3 Å². The number of benzene rings is 1.